The summed E-state index contributed by atoms with van der Waals surface area (Å²) in [7, 11) is 0. The summed E-state index contributed by atoms with van der Waals surface area (Å²) in [6.45, 7) is -0.355. The SMILES string of the molecule is OCCc1noc(C2=C(c3ccccc3)C(Cc3cc(C(F)(F)F)cc(C(F)(F)F)c3)N=N2)c1C(=NO)c1ccccc1Cl. The van der Waals surface area contributed by atoms with Gasteiger partial charge in [-0.2, -0.15) is 36.6 Å². The zero-order valence-electron chi connectivity index (χ0n) is 22.4. The van der Waals surface area contributed by atoms with Crippen LogP contribution in [0.4, 0.5) is 26.3 Å². The van der Waals surface area contributed by atoms with Crippen LogP contribution in [0.15, 0.2) is 92.7 Å². The van der Waals surface area contributed by atoms with Gasteiger partial charge in [0.25, 0.3) is 0 Å². The van der Waals surface area contributed by atoms with Crippen molar-refractivity contribution in [3.63, 3.8) is 0 Å². The fraction of sp³-hybridized carbons (Fsp3) is 0.200. The molecular weight excluding hydrogens is 614 g/mol. The first-order valence-corrected chi connectivity index (χ1v) is 13.4. The highest BCUT2D eigenvalue weighted by atomic mass is 35.5. The van der Waals surface area contributed by atoms with Crippen molar-refractivity contribution >= 4 is 28.6 Å². The minimum atomic E-state index is -5.02. The summed E-state index contributed by atoms with van der Waals surface area (Å²) in [4.78, 5) is 0. The summed E-state index contributed by atoms with van der Waals surface area (Å²) in [5, 5.41) is 35.9. The summed E-state index contributed by atoms with van der Waals surface area (Å²) in [6, 6.07) is 15.2. The summed E-state index contributed by atoms with van der Waals surface area (Å²) in [6.07, 6.45) is -10.4. The fourth-order valence-electron chi connectivity index (χ4n) is 4.91. The Hall–Kier alpha value is -4.49. The molecule has 1 atom stereocenters. The highest BCUT2D eigenvalue weighted by molar-refractivity contribution is 6.35. The number of hydrogen-bond donors (Lipinski definition) is 2. The van der Waals surface area contributed by atoms with E-state index in [2.05, 4.69) is 20.5 Å². The molecule has 228 valence electrons. The van der Waals surface area contributed by atoms with E-state index in [9.17, 15) is 36.7 Å². The van der Waals surface area contributed by atoms with E-state index in [0.717, 1.165) is 0 Å². The van der Waals surface area contributed by atoms with Crippen LogP contribution >= 0.6 is 11.6 Å². The predicted octanol–water partition coefficient (Wildman–Crippen LogP) is 8.07. The lowest BCUT2D eigenvalue weighted by molar-refractivity contribution is -0.143. The molecule has 0 saturated carbocycles. The Morgan fingerprint density at radius 3 is 2.14 bits per heavy atom. The first-order valence-electron chi connectivity index (χ1n) is 13.0. The zero-order valence-corrected chi connectivity index (χ0v) is 23.1. The van der Waals surface area contributed by atoms with Crippen molar-refractivity contribution in [2.45, 2.75) is 31.2 Å². The smallest absolute Gasteiger partial charge is 0.410 e. The number of azo groups is 1. The van der Waals surface area contributed by atoms with Crippen molar-refractivity contribution in [1.82, 2.24) is 5.16 Å². The van der Waals surface area contributed by atoms with Gasteiger partial charge in [-0.15, -0.1) is 0 Å². The largest absolute Gasteiger partial charge is 0.416 e. The molecule has 1 aliphatic heterocycles. The monoisotopic (exact) mass is 634 g/mol. The summed E-state index contributed by atoms with van der Waals surface area (Å²) in [5.74, 6) is -0.0497. The van der Waals surface area contributed by atoms with Crippen LogP contribution in [-0.2, 0) is 25.2 Å². The van der Waals surface area contributed by atoms with Gasteiger partial charge < -0.3 is 14.8 Å². The maximum atomic E-state index is 13.6. The average molecular weight is 635 g/mol. The van der Waals surface area contributed by atoms with E-state index in [1.54, 1.807) is 54.6 Å². The number of aliphatic hydroxyl groups excluding tert-OH is 1. The molecule has 1 aromatic heterocycles. The van der Waals surface area contributed by atoms with Crippen molar-refractivity contribution in [1.29, 1.82) is 0 Å². The second kappa shape index (κ2) is 12.2. The molecule has 1 aliphatic rings. The molecule has 0 bridgehead atoms. The van der Waals surface area contributed by atoms with Crippen LogP contribution in [0, 0.1) is 0 Å². The second-order valence-corrected chi connectivity index (χ2v) is 10.1. The van der Waals surface area contributed by atoms with Gasteiger partial charge in [0.1, 0.15) is 17.5 Å². The van der Waals surface area contributed by atoms with Crippen LogP contribution in [0.3, 0.4) is 0 Å². The van der Waals surface area contributed by atoms with Gasteiger partial charge in [0.05, 0.1) is 27.4 Å². The molecule has 5 rings (SSSR count). The lowest BCUT2D eigenvalue weighted by atomic mass is 9.89. The van der Waals surface area contributed by atoms with Crippen LogP contribution in [-0.4, -0.2) is 33.8 Å². The number of halogens is 7. The van der Waals surface area contributed by atoms with Crippen LogP contribution in [0.2, 0.25) is 5.02 Å². The number of aromatic nitrogens is 1. The Bertz CT molecular complexity index is 1730. The van der Waals surface area contributed by atoms with Gasteiger partial charge in [-0.3, -0.25) is 0 Å². The van der Waals surface area contributed by atoms with Gasteiger partial charge in [0, 0.05) is 30.6 Å². The highest BCUT2D eigenvalue weighted by Crippen LogP contribution is 2.42. The summed E-state index contributed by atoms with van der Waals surface area (Å²) >= 11 is 6.38. The normalized spacial score (nSPS) is 15.8. The molecular formula is C30H21ClF6N4O3. The molecule has 4 aromatic rings. The quantitative estimate of drug-likeness (QED) is 0.0885. The molecule has 1 unspecified atom stereocenters. The third kappa shape index (κ3) is 6.24. The van der Waals surface area contributed by atoms with E-state index in [-0.39, 0.29) is 70.1 Å². The van der Waals surface area contributed by atoms with Gasteiger partial charge in [0.15, 0.2) is 5.76 Å². The van der Waals surface area contributed by atoms with Gasteiger partial charge in [0.2, 0.25) is 0 Å². The number of nitrogens with zero attached hydrogens (tertiary/aromatic N) is 4. The molecule has 0 amide bonds. The molecule has 2 N–H and O–H groups in total. The number of benzene rings is 3. The average Bonchev–Trinajstić information content (AvgIpc) is 3.58. The molecule has 44 heavy (non-hydrogen) atoms. The van der Waals surface area contributed by atoms with Crippen LogP contribution in [0.5, 0.6) is 0 Å². The van der Waals surface area contributed by atoms with E-state index in [0.29, 0.717) is 23.3 Å². The highest BCUT2D eigenvalue weighted by Gasteiger charge is 2.38. The van der Waals surface area contributed by atoms with Crippen molar-refractivity contribution in [3.05, 3.63) is 123 Å². The third-order valence-corrected chi connectivity index (χ3v) is 7.17. The summed E-state index contributed by atoms with van der Waals surface area (Å²) in [5.41, 5.74) is -1.75. The zero-order chi connectivity index (χ0) is 31.6. The molecule has 3 aromatic carbocycles. The molecule has 7 nitrogen and oxygen atoms in total. The Balaban J connectivity index is 1.69. The molecule has 2 heterocycles. The van der Waals surface area contributed by atoms with E-state index in [1.807, 2.05) is 0 Å². The third-order valence-electron chi connectivity index (χ3n) is 6.84. The van der Waals surface area contributed by atoms with Gasteiger partial charge in [-0.05, 0) is 35.4 Å². The molecule has 0 fully saturated rings. The second-order valence-electron chi connectivity index (χ2n) is 9.71. The fourth-order valence-corrected chi connectivity index (χ4v) is 5.14. The van der Waals surface area contributed by atoms with E-state index in [1.165, 1.54) is 0 Å². The molecule has 14 heteroatoms. The summed E-state index contributed by atoms with van der Waals surface area (Å²) < 4.78 is 87.0. The molecule has 0 aliphatic carbocycles. The standard InChI is InChI=1S/C30H21ClF6N4O3/c31-21-9-5-4-8-20(21)26(40-43)25-22(10-11-42)41-44-28(25)27-24(17-6-2-1-3-7-17)23(38-39-27)14-16-12-18(29(32,33)34)15-19(13-16)30(35,36)37/h1-9,12-13,15,23,42-43H,10-11,14H2. The Morgan fingerprint density at radius 2 is 1.55 bits per heavy atom. The minimum Gasteiger partial charge on any atom is -0.410 e. The lowest BCUT2D eigenvalue weighted by Gasteiger charge is -2.17. The maximum Gasteiger partial charge on any atom is 0.416 e. The molecule has 0 spiro atoms. The number of rotatable bonds is 8. The first-order chi connectivity index (χ1) is 20.9. The topological polar surface area (TPSA) is 104 Å². The number of oxime groups is 1. The molecule has 0 radical (unpaired) electrons. The van der Waals surface area contributed by atoms with Crippen LogP contribution in [0.1, 0.15) is 44.8 Å². The Labute approximate surface area is 250 Å². The van der Waals surface area contributed by atoms with Crippen molar-refractivity contribution in [2.24, 2.45) is 15.4 Å². The van der Waals surface area contributed by atoms with Gasteiger partial charge >= 0.3 is 12.4 Å². The van der Waals surface area contributed by atoms with Gasteiger partial charge in [-0.1, -0.05) is 70.4 Å². The van der Waals surface area contributed by atoms with Crippen molar-refractivity contribution in [3.8, 4) is 0 Å². The lowest BCUT2D eigenvalue weighted by Crippen LogP contribution is -2.15. The van der Waals surface area contributed by atoms with Crippen LogP contribution in [0.25, 0.3) is 11.3 Å². The minimum absolute atomic E-state index is 0.0265. The predicted molar refractivity (Wildman–Crippen MR) is 148 cm³/mol. The number of aliphatic hydroxyl groups is 1. The number of alkyl halides is 6. The molecule has 0 saturated heterocycles. The Kier molecular flexibility index (Phi) is 8.62. The van der Waals surface area contributed by atoms with E-state index >= 15 is 0 Å². The van der Waals surface area contributed by atoms with Crippen molar-refractivity contribution < 1.29 is 41.2 Å². The van der Waals surface area contributed by atoms with Crippen LogP contribution < -0.4 is 0 Å². The Morgan fingerprint density at radius 1 is 0.909 bits per heavy atom. The number of hydrogen-bond acceptors (Lipinski definition) is 7. The van der Waals surface area contributed by atoms with Crippen molar-refractivity contribution in [2.75, 3.05) is 6.61 Å². The van der Waals surface area contributed by atoms with Gasteiger partial charge in [-0.25, -0.2) is 0 Å². The first kappa shape index (κ1) is 31.0. The van der Waals surface area contributed by atoms with E-state index in [4.69, 9.17) is 16.1 Å². The maximum absolute atomic E-state index is 13.6. The van der Waals surface area contributed by atoms with E-state index < -0.39 is 29.5 Å².